The molecule has 0 spiro atoms. The van der Waals surface area contributed by atoms with E-state index in [0.29, 0.717) is 16.4 Å². The highest BCUT2D eigenvalue weighted by Crippen LogP contribution is 2.55. The van der Waals surface area contributed by atoms with Gasteiger partial charge in [0.25, 0.3) is 0 Å². The topological polar surface area (TPSA) is 88.4 Å². The summed E-state index contributed by atoms with van der Waals surface area (Å²) in [6.45, 7) is 0.115. The zero-order valence-electron chi connectivity index (χ0n) is 14.5. The van der Waals surface area contributed by atoms with Crippen molar-refractivity contribution in [3.63, 3.8) is 0 Å². The van der Waals surface area contributed by atoms with Crippen molar-refractivity contribution in [3.8, 4) is 0 Å². The molecule has 2 N–H and O–H groups in total. The van der Waals surface area contributed by atoms with Crippen molar-refractivity contribution in [2.45, 2.75) is 24.2 Å². The summed E-state index contributed by atoms with van der Waals surface area (Å²) in [7, 11) is 0. The second-order valence-corrected chi connectivity index (χ2v) is 7.53. The molecule has 9 heteroatoms. The summed E-state index contributed by atoms with van der Waals surface area (Å²) in [6, 6.07) is 8.95. The number of nitrogens with one attached hydrogen (secondary N) is 2. The molecule has 1 aliphatic carbocycles. The fraction of sp³-hybridized carbons (Fsp3) is 0.263. The van der Waals surface area contributed by atoms with Crippen molar-refractivity contribution >= 4 is 29.2 Å². The van der Waals surface area contributed by atoms with E-state index in [1.807, 2.05) is 30.3 Å². The highest BCUT2D eigenvalue weighted by atomic mass is 35.5. The first-order valence-corrected chi connectivity index (χ1v) is 9.27. The van der Waals surface area contributed by atoms with E-state index in [9.17, 15) is 14.0 Å². The Kier molecular flexibility index (Phi) is 3.83. The van der Waals surface area contributed by atoms with Crippen LogP contribution in [0.1, 0.15) is 41.0 Å². The summed E-state index contributed by atoms with van der Waals surface area (Å²) in [5.74, 6) is -1.31. The fourth-order valence-electron chi connectivity index (χ4n) is 3.81. The molecule has 2 aromatic heterocycles. The Bertz CT molecular complexity index is 1110. The maximum atomic E-state index is 14.2. The van der Waals surface area contributed by atoms with Crippen LogP contribution in [0.15, 0.2) is 36.5 Å². The number of amides is 3. The number of imidazole rings is 1. The molecule has 3 heterocycles. The Morgan fingerprint density at radius 2 is 1.96 bits per heavy atom. The minimum Gasteiger partial charge on any atom is -0.337 e. The summed E-state index contributed by atoms with van der Waals surface area (Å²) in [5, 5.41) is 9.75. The lowest BCUT2D eigenvalue weighted by molar-refractivity contribution is -0.122. The summed E-state index contributed by atoms with van der Waals surface area (Å²) in [5.41, 5.74) is 2.85. The molecule has 3 aromatic rings. The van der Waals surface area contributed by atoms with Crippen LogP contribution < -0.4 is 10.6 Å². The highest BCUT2D eigenvalue weighted by molar-refractivity contribution is 6.30. The monoisotopic (exact) mass is 399 g/mol. The van der Waals surface area contributed by atoms with Gasteiger partial charge in [0, 0.05) is 17.1 Å². The van der Waals surface area contributed by atoms with Crippen LogP contribution in [0.25, 0.3) is 5.65 Å². The van der Waals surface area contributed by atoms with E-state index < -0.39 is 23.8 Å². The Labute approximate surface area is 163 Å². The molecule has 5 rings (SSSR count). The van der Waals surface area contributed by atoms with E-state index in [1.165, 1.54) is 0 Å². The summed E-state index contributed by atoms with van der Waals surface area (Å²) in [4.78, 5) is 27.7. The number of nitrogens with zero attached hydrogens (tertiary/aromatic N) is 3. The maximum absolute atomic E-state index is 14.2. The SMILES string of the molecule is O=C1NCC(c2cc([C@H]3C[C@@H]3c3ccc(Cl)cc3)c3ncc(F)n3n2)C(=O)N1. The van der Waals surface area contributed by atoms with Crippen molar-refractivity contribution in [3.05, 3.63) is 64.3 Å². The number of hydrogen-bond donors (Lipinski definition) is 2. The van der Waals surface area contributed by atoms with Gasteiger partial charge in [0.15, 0.2) is 5.65 Å². The quantitative estimate of drug-likeness (QED) is 0.708. The Morgan fingerprint density at radius 3 is 2.71 bits per heavy atom. The van der Waals surface area contributed by atoms with Gasteiger partial charge in [0.2, 0.25) is 11.9 Å². The van der Waals surface area contributed by atoms with Gasteiger partial charge in [-0.1, -0.05) is 23.7 Å². The third-order valence-corrected chi connectivity index (χ3v) is 5.59. The van der Waals surface area contributed by atoms with E-state index in [1.54, 1.807) is 0 Å². The average molecular weight is 400 g/mol. The van der Waals surface area contributed by atoms with E-state index in [4.69, 9.17) is 11.6 Å². The molecule has 1 unspecified atom stereocenters. The molecule has 2 fully saturated rings. The Balaban J connectivity index is 1.54. The van der Waals surface area contributed by atoms with Crippen LogP contribution in [-0.2, 0) is 4.79 Å². The molecule has 2 aliphatic rings. The number of fused-ring (bicyclic) bond motifs is 1. The number of hydrogen-bond acceptors (Lipinski definition) is 4. The number of halogens is 2. The first kappa shape index (κ1) is 17.1. The molecule has 1 aliphatic heterocycles. The third-order valence-electron chi connectivity index (χ3n) is 5.34. The molecule has 1 saturated heterocycles. The Morgan fingerprint density at radius 1 is 1.18 bits per heavy atom. The molecular weight excluding hydrogens is 385 g/mol. The van der Waals surface area contributed by atoms with Gasteiger partial charge in [-0.15, -0.1) is 0 Å². The van der Waals surface area contributed by atoms with Crippen molar-refractivity contribution in [2.24, 2.45) is 0 Å². The first-order chi connectivity index (χ1) is 13.5. The van der Waals surface area contributed by atoms with Gasteiger partial charge in [0.05, 0.1) is 17.8 Å². The van der Waals surface area contributed by atoms with Crippen LogP contribution in [0, 0.1) is 5.95 Å². The van der Waals surface area contributed by atoms with Gasteiger partial charge in [0.1, 0.15) is 0 Å². The first-order valence-electron chi connectivity index (χ1n) is 8.89. The second-order valence-electron chi connectivity index (χ2n) is 7.09. The van der Waals surface area contributed by atoms with Crippen molar-refractivity contribution in [1.82, 2.24) is 25.2 Å². The lowest BCUT2D eigenvalue weighted by atomic mass is 9.99. The molecule has 1 aromatic carbocycles. The van der Waals surface area contributed by atoms with Crippen LogP contribution in [0.3, 0.4) is 0 Å². The molecule has 7 nitrogen and oxygen atoms in total. The largest absolute Gasteiger partial charge is 0.337 e. The zero-order valence-corrected chi connectivity index (χ0v) is 15.3. The van der Waals surface area contributed by atoms with Crippen molar-refractivity contribution in [1.29, 1.82) is 0 Å². The minimum absolute atomic E-state index is 0.115. The number of benzene rings is 1. The molecule has 1 saturated carbocycles. The van der Waals surface area contributed by atoms with E-state index in [-0.39, 0.29) is 18.4 Å². The van der Waals surface area contributed by atoms with Crippen LogP contribution in [0.2, 0.25) is 5.02 Å². The number of carbonyl (C=O) groups excluding carboxylic acids is 2. The van der Waals surface area contributed by atoms with Gasteiger partial charge in [-0.3, -0.25) is 10.1 Å². The summed E-state index contributed by atoms with van der Waals surface area (Å²) < 4.78 is 15.4. The van der Waals surface area contributed by atoms with Crippen LogP contribution in [0.4, 0.5) is 9.18 Å². The van der Waals surface area contributed by atoms with Gasteiger partial charge < -0.3 is 5.32 Å². The molecule has 0 radical (unpaired) electrons. The fourth-order valence-corrected chi connectivity index (χ4v) is 3.94. The van der Waals surface area contributed by atoms with E-state index >= 15 is 0 Å². The minimum atomic E-state index is -0.685. The standard InChI is InChI=1S/C19H15ClFN5O2/c20-10-3-1-9(2-4-10)11-5-12(11)13-6-15(14-7-23-19(28)24-18(14)27)25-26-16(21)8-22-17(13)26/h1-4,6,8,11-12,14H,5,7H2,(H2,23,24,27,28)/t11-,12+,14?/m1/s1. The van der Waals surface area contributed by atoms with Crippen molar-refractivity contribution < 1.29 is 14.0 Å². The highest BCUT2D eigenvalue weighted by Gasteiger charge is 2.42. The molecule has 28 heavy (non-hydrogen) atoms. The van der Waals surface area contributed by atoms with Crippen molar-refractivity contribution in [2.75, 3.05) is 6.54 Å². The van der Waals surface area contributed by atoms with Crippen LogP contribution >= 0.6 is 11.6 Å². The number of carbonyl (C=O) groups is 2. The van der Waals surface area contributed by atoms with Gasteiger partial charge >= 0.3 is 6.03 Å². The number of imide groups is 1. The van der Waals surface area contributed by atoms with Gasteiger partial charge in [-0.25, -0.2) is 9.78 Å². The normalized spacial score (nSPS) is 24.1. The molecule has 0 bridgehead atoms. The van der Waals surface area contributed by atoms with Crippen LogP contribution in [0.5, 0.6) is 0 Å². The molecule has 3 atom stereocenters. The smallest absolute Gasteiger partial charge is 0.321 e. The predicted molar refractivity (Wildman–Crippen MR) is 98.8 cm³/mol. The van der Waals surface area contributed by atoms with Gasteiger partial charge in [-0.05, 0) is 42.0 Å². The Hall–Kier alpha value is -3.00. The van der Waals surface area contributed by atoms with E-state index in [2.05, 4.69) is 20.7 Å². The zero-order chi connectivity index (χ0) is 19.4. The van der Waals surface area contributed by atoms with Gasteiger partial charge in [-0.2, -0.15) is 14.0 Å². The summed E-state index contributed by atoms with van der Waals surface area (Å²) in [6.07, 6.45) is 2.01. The van der Waals surface area contributed by atoms with Crippen LogP contribution in [-0.4, -0.2) is 33.1 Å². The lowest BCUT2D eigenvalue weighted by Gasteiger charge is -2.22. The second kappa shape index (κ2) is 6.27. The maximum Gasteiger partial charge on any atom is 0.321 e. The van der Waals surface area contributed by atoms with E-state index in [0.717, 1.165) is 28.3 Å². The average Bonchev–Trinajstić information content (AvgIpc) is 3.38. The molecular formula is C19H15ClFN5O2. The summed E-state index contributed by atoms with van der Waals surface area (Å²) >= 11 is 5.97. The third kappa shape index (κ3) is 2.80. The number of rotatable bonds is 3. The molecule has 142 valence electrons. The lowest BCUT2D eigenvalue weighted by Crippen LogP contribution is -2.51. The predicted octanol–water partition coefficient (Wildman–Crippen LogP) is 2.72. The molecule has 3 amide bonds. The number of aromatic nitrogens is 3. The number of urea groups is 1.